The number of nitrogens with zero attached hydrogens (tertiary/aromatic N) is 2. The Morgan fingerprint density at radius 2 is 1.92 bits per heavy atom. The van der Waals surface area contributed by atoms with Gasteiger partial charge in [0.15, 0.2) is 0 Å². The van der Waals surface area contributed by atoms with Crippen LogP contribution in [-0.4, -0.2) is 20.9 Å². The molecule has 0 saturated heterocycles. The number of rotatable bonds is 5. The van der Waals surface area contributed by atoms with Gasteiger partial charge in [-0.25, -0.2) is 0 Å². The number of halogens is 2. The minimum atomic E-state index is -0.214. The third-order valence-electron chi connectivity index (χ3n) is 3.95. The Bertz CT molecular complexity index is 761. The molecular weight excluding hydrogens is 365 g/mol. The van der Waals surface area contributed by atoms with Crippen molar-refractivity contribution in [2.24, 2.45) is 7.05 Å². The lowest BCUT2D eigenvalue weighted by atomic mass is 10.2. The van der Waals surface area contributed by atoms with Crippen molar-refractivity contribution < 1.29 is 4.79 Å². The molecule has 0 bridgehead atoms. The van der Waals surface area contributed by atoms with E-state index in [0.29, 0.717) is 10.0 Å². The second-order valence-corrected chi connectivity index (χ2v) is 8.25. The van der Waals surface area contributed by atoms with E-state index < -0.39 is 0 Å². The fourth-order valence-electron chi connectivity index (χ4n) is 2.39. The summed E-state index contributed by atoms with van der Waals surface area (Å²) in [6.07, 6.45) is 0. The van der Waals surface area contributed by atoms with Crippen LogP contribution >= 0.6 is 35.0 Å². The average Bonchev–Trinajstić information content (AvgIpc) is 2.76. The molecule has 0 radical (unpaired) electrons. The molecule has 0 aliphatic rings. The van der Waals surface area contributed by atoms with Crippen LogP contribution in [0, 0.1) is 13.8 Å². The van der Waals surface area contributed by atoms with Crippen LogP contribution in [0.15, 0.2) is 18.2 Å². The molecule has 0 aliphatic carbocycles. The fourth-order valence-corrected chi connectivity index (χ4v) is 3.80. The molecule has 2 rings (SSSR count). The molecule has 0 unspecified atom stereocenters. The minimum absolute atomic E-state index is 0.0360. The molecule has 1 heterocycles. The predicted octanol–water partition coefficient (Wildman–Crippen LogP) is 5.17. The van der Waals surface area contributed by atoms with Gasteiger partial charge in [-0.15, -0.1) is 11.8 Å². The largest absolute Gasteiger partial charge is 0.322 e. The van der Waals surface area contributed by atoms with Gasteiger partial charge in [-0.3, -0.25) is 9.48 Å². The zero-order valence-corrected chi connectivity index (χ0v) is 16.7. The summed E-state index contributed by atoms with van der Waals surface area (Å²) in [6, 6.07) is 5.57. The van der Waals surface area contributed by atoms with Gasteiger partial charge in [-0.1, -0.05) is 29.3 Å². The lowest BCUT2D eigenvalue weighted by Gasteiger charge is -2.18. The molecule has 2 aromatic rings. The van der Waals surface area contributed by atoms with Crippen LogP contribution in [0.2, 0.25) is 10.0 Å². The van der Waals surface area contributed by atoms with E-state index in [9.17, 15) is 4.79 Å². The summed E-state index contributed by atoms with van der Waals surface area (Å²) in [6.45, 7) is 7.77. The summed E-state index contributed by atoms with van der Waals surface area (Å²) in [5.41, 5.74) is 3.59. The highest BCUT2D eigenvalue weighted by Gasteiger charge is 2.21. The predicted molar refractivity (Wildman–Crippen MR) is 103 cm³/mol. The number of aryl methyl sites for hydroxylation is 2. The summed E-state index contributed by atoms with van der Waals surface area (Å²) in [4.78, 5) is 12.5. The van der Waals surface area contributed by atoms with Crippen LogP contribution in [-0.2, 0) is 11.8 Å². The number of hydrogen-bond donors (Lipinski definition) is 1. The highest BCUT2D eigenvalue weighted by atomic mass is 35.5. The average molecular weight is 386 g/mol. The number of anilines is 1. The zero-order chi connectivity index (χ0) is 18.0. The van der Waals surface area contributed by atoms with Gasteiger partial charge in [0.05, 0.1) is 32.4 Å². The number of aromatic nitrogens is 2. The topological polar surface area (TPSA) is 46.9 Å². The second kappa shape index (κ2) is 7.81. The first-order valence-corrected chi connectivity index (χ1v) is 9.32. The molecule has 4 nitrogen and oxygen atoms in total. The van der Waals surface area contributed by atoms with Crippen molar-refractivity contribution in [2.45, 2.75) is 38.2 Å². The van der Waals surface area contributed by atoms with Gasteiger partial charge >= 0.3 is 0 Å². The third-order valence-corrected chi connectivity index (χ3v) is 5.99. The third kappa shape index (κ3) is 4.26. The van der Waals surface area contributed by atoms with Gasteiger partial charge in [-0.2, -0.15) is 5.10 Å². The first-order chi connectivity index (χ1) is 11.2. The summed E-state index contributed by atoms with van der Waals surface area (Å²) in [5, 5.41) is 8.27. The molecule has 2 atom stereocenters. The fraction of sp³-hybridized carbons (Fsp3) is 0.412. The lowest BCUT2D eigenvalue weighted by molar-refractivity contribution is -0.115. The maximum Gasteiger partial charge on any atom is 0.237 e. The molecule has 130 valence electrons. The summed E-state index contributed by atoms with van der Waals surface area (Å²) < 4.78 is 1.76. The molecule has 0 saturated carbocycles. The Hall–Kier alpha value is -1.17. The van der Waals surface area contributed by atoms with E-state index in [4.69, 9.17) is 23.2 Å². The smallest absolute Gasteiger partial charge is 0.237 e. The number of hydrogen-bond acceptors (Lipinski definition) is 3. The van der Waals surface area contributed by atoms with Gasteiger partial charge in [0, 0.05) is 12.3 Å². The SMILES string of the molecule is Cc1nn(C)c(C)c1NC(=O)[C@@H](C)S[C@H](C)c1ccc(Cl)c(Cl)c1. The van der Waals surface area contributed by atoms with Crippen molar-refractivity contribution in [1.29, 1.82) is 0 Å². The van der Waals surface area contributed by atoms with Gasteiger partial charge < -0.3 is 5.32 Å². The van der Waals surface area contributed by atoms with Crippen molar-refractivity contribution in [2.75, 3.05) is 5.32 Å². The molecule has 24 heavy (non-hydrogen) atoms. The Morgan fingerprint density at radius 1 is 1.25 bits per heavy atom. The van der Waals surface area contributed by atoms with Crippen LogP contribution in [0.3, 0.4) is 0 Å². The van der Waals surface area contributed by atoms with Crippen molar-refractivity contribution in [3.63, 3.8) is 0 Å². The quantitative estimate of drug-likeness (QED) is 0.772. The number of carbonyl (C=O) groups excluding carboxylic acids is 1. The van der Waals surface area contributed by atoms with Crippen LogP contribution in [0.5, 0.6) is 0 Å². The summed E-state index contributed by atoms with van der Waals surface area (Å²) in [7, 11) is 1.86. The monoisotopic (exact) mass is 385 g/mol. The van der Waals surface area contributed by atoms with Crippen LogP contribution < -0.4 is 5.32 Å². The van der Waals surface area contributed by atoms with Gasteiger partial charge in [0.2, 0.25) is 5.91 Å². The molecule has 1 amide bonds. The van der Waals surface area contributed by atoms with Gasteiger partial charge in [-0.05, 0) is 45.4 Å². The standard InChI is InChI=1S/C17H21Cl2N3OS/c1-9-16(10(2)22(5)21-9)20-17(23)12(4)24-11(3)13-6-7-14(18)15(19)8-13/h6-8,11-12H,1-5H3,(H,20,23)/t11-,12-/m1/s1. The summed E-state index contributed by atoms with van der Waals surface area (Å²) >= 11 is 13.6. The van der Waals surface area contributed by atoms with E-state index in [1.165, 1.54) is 0 Å². The van der Waals surface area contributed by atoms with Gasteiger partial charge in [0.25, 0.3) is 0 Å². The molecule has 0 aliphatic heterocycles. The van der Waals surface area contributed by atoms with Crippen molar-refractivity contribution in [3.8, 4) is 0 Å². The van der Waals surface area contributed by atoms with Crippen molar-refractivity contribution >= 4 is 46.6 Å². The molecule has 1 N–H and O–H groups in total. The Morgan fingerprint density at radius 3 is 2.46 bits per heavy atom. The molecular formula is C17H21Cl2N3OS. The maximum atomic E-state index is 12.5. The van der Waals surface area contributed by atoms with E-state index in [1.54, 1.807) is 22.5 Å². The summed E-state index contributed by atoms with van der Waals surface area (Å²) in [5.74, 6) is -0.0360. The van der Waals surface area contributed by atoms with Crippen molar-refractivity contribution in [3.05, 3.63) is 45.2 Å². The Balaban J connectivity index is 2.04. The van der Waals surface area contributed by atoms with E-state index >= 15 is 0 Å². The number of thioether (sulfide) groups is 1. The maximum absolute atomic E-state index is 12.5. The van der Waals surface area contributed by atoms with Crippen LogP contribution in [0.1, 0.15) is 36.0 Å². The number of amides is 1. The number of benzene rings is 1. The molecule has 1 aromatic heterocycles. The van der Waals surface area contributed by atoms with Crippen LogP contribution in [0.4, 0.5) is 5.69 Å². The van der Waals surface area contributed by atoms with E-state index in [2.05, 4.69) is 17.3 Å². The number of nitrogens with one attached hydrogen (secondary N) is 1. The van der Waals surface area contributed by atoms with E-state index in [1.807, 2.05) is 40.0 Å². The normalized spacial score (nSPS) is 13.6. The first-order valence-electron chi connectivity index (χ1n) is 7.62. The molecule has 7 heteroatoms. The van der Waals surface area contributed by atoms with Crippen molar-refractivity contribution in [1.82, 2.24) is 9.78 Å². The second-order valence-electron chi connectivity index (χ2n) is 5.75. The Kier molecular flexibility index (Phi) is 6.23. The highest BCUT2D eigenvalue weighted by Crippen LogP contribution is 2.35. The van der Waals surface area contributed by atoms with Crippen LogP contribution in [0.25, 0.3) is 0 Å². The molecule has 0 spiro atoms. The Labute approximate surface area is 156 Å². The molecule has 1 aromatic carbocycles. The first kappa shape index (κ1) is 19.2. The number of carbonyl (C=O) groups is 1. The zero-order valence-electron chi connectivity index (χ0n) is 14.4. The highest BCUT2D eigenvalue weighted by molar-refractivity contribution is 8.00. The lowest BCUT2D eigenvalue weighted by Crippen LogP contribution is -2.23. The van der Waals surface area contributed by atoms with E-state index in [0.717, 1.165) is 22.6 Å². The van der Waals surface area contributed by atoms with Gasteiger partial charge in [0.1, 0.15) is 0 Å². The molecule has 0 fully saturated rings. The van der Waals surface area contributed by atoms with E-state index in [-0.39, 0.29) is 16.4 Å². The minimum Gasteiger partial charge on any atom is -0.322 e.